The molecule has 0 spiro atoms. The summed E-state index contributed by atoms with van der Waals surface area (Å²) < 4.78 is 22.6. The summed E-state index contributed by atoms with van der Waals surface area (Å²) in [5.41, 5.74) is 2.41. The predicted molar refractivity (Wildman–Crippen MR) is 168 cm³/mol. The molecule has 4 rings (SSSR count). The lowest BCUT2D eigenvalue weighted by molar-refractivity contribution is -0.226. The first kappa shape index (κ1) is 34.4. The first-order chi connectivity index (χ1) is 21.3. The minimum absolute atomic E-state index is 0.0490. The quantitative estimate of drug-likeness (QED) is 0.200. The summed E-state index contributed by atoms with van der Waals surface area (Å²) in [7, 11) is 0. The van der Waals surface area contributed by atoms with Gasteiger partial charge in [0.05, 0.1) is 43.5 Å². The minimum atomic E-state index is -0.771. The van der Waals surface area contributed by atoms with Crippen LogP contribution in [0.4, 0.5) is 0 Å². The van der Waals surface area contributed by atoms with Gasteiger partial charge in [-0.05, 0) is 73.3 Å². The molecule has 3 fully saturated rings. The third-order valence-corrected chi connectivity index (χ3v) is 10.0. The fraction of sp³-hybridized carbons (Fsp3) is 0.667. The number of aliphatic hydroxyl groups excluding tert-OH is 2. The summed E-state index contributed by atoms with van der Waals surface area (Å²) in [6, 6.07) is 8.92. The lowest BCUT2D eigenvalue weighted by atomic mass is 9.68. The topological polar surface area (TPSA) is 112 Å². The van der Waals surface area contributed by atoms with Crippen LogP contribution in [0.5, 0.6) is 0 Å². The average Bonchev–Trinajstić information content (AvgIpc) is 3.08. The SMILES string of the molecule is C=C(CO)C(=O)OCC(COC(=O)C(=C)CO)C1OCC(c2ccc(C3CCC(C4CCC(CCC)CC4)CC3)cc2)CO1. The van der Waals surface area contributed by atoms with Crippen LogP contribution in [0.2, 0.25) is 0 Å². The van der Waals surface area contributed by atoms with Crippen molar-refractivity contribution in [2.75, 3.05) is 39.6 Å². The Morgan fingerprint density at radius 3 is 1.68 bits per heavy atom. The first-order valence-corrected chi connectivity index (χ1v) is 16.6. The molecule has 2 saturated carbocycles. The van der Waals surface area contributed by atoms with Crippen LogP contribution >= 0.6 is 0 Å². The van der Waals surface area contributed by atoms with Gasteiger partial charge in [-0.3, -0.25) is 0 Å². The summed E-state index contributed by atoms with van der Waals surface area (Å²) in [4.78, 5) is 24.1. The zero-order valence-electron chi connectivity index (χ0n) is 26.4. The number of hydrogen-bond acceptors (Lipinski definition) is 8. The number of esters is 2. The van der Waals surface area contributed by atoms with Crippen LogP contribution < -0.4 is 0 Å². The van der Waals surface area contributed by atoms with Crippen LogP contribution in [-0.2, 0) is 28.5 Å². The van der Waals surface area contributed by atoms with Gasteiger partial charge in [0.25, 0.3) is 0 Å². The molecule has 44 heavy (non-hydrogen) atoms. The second kappa shape index (κ2) is 17.2. The van der Waals surface area contributed by atoms with Crippen LogP contribution in [-0.4, -0.2) is 68.1 Å². The van der Waals surface area contributed by atoms with E-state index < -0.39 is 37.4 Å². The average molecular weight is 613 g/mol. The minimum Gasteiger partial charge on any atom is -0.462 e. The molecule has 1 aromatic rings. The number of hydrogen-bond donors (Lipinski definition) is 2. The zero-order chi connectivity index (χ0) is 31.5. The molecule has 1 aliphatic heterocycles. The molecular weight excluding hydrogens is 560 g/mol. The molecule has 1 heterocycles. The molecule has 0 amide bonds. The van der Waals surface area contributed by atoms with Crippen LogP contribution in [0.3, 0.4) is 0 Å². The van der Waals surface area contributed by atoms with Crippen molar-refractivity contribution < 1.29 is 38.7 Å². The maximum atomic E-state index is 12.0. The third kappa shape index (κ3) is 9.49. The van der Waals surface area contributed by atoms with Crippen molar-refractivity contribution in [1.82, 2.24) is 0 Å². The Morgan fingerprint density at radius 2 is 1.23 bits per heavy atom. The van der Waals surface area contributed by atoms with Gasteiger partial charge >= 0.3 is 11.9 Å². The normalized spacial score (nSPS) is 27.5. The number of benzene rings is 1. The molecule has 2 N–H and O–H groups in total. The molecule has 244 valence electrons. The van der Waals surface area contributed by atoms with Crippen molar-refractivity contribution in [3.8, 4) is 0 Å². The van der Waals surface area contributed by atoms with E-state index in [0.717, 1.165) is 23.3 Å². The van der Waals surface area contributed by atoms with Crippen molar-refractivity contribution in [2.24, 2.45) is 23.7 Å². The number of carbonyl (C=O) groups is 2. The van der Waals surface area contributed by atoms with E-state index in [2.05, 4.69) is 44.3 Å². The second-order valence-corrected chi connectivity index (χ2v) is 13.1. The number of carbonyl (C=O) groups excluding carboxylic acids is 2. The monoisotopic (exact) mass is 612 g/mol. The summed E-state index contributed by atoms with van der Waals surface area (Å²) in [6.45, 7) is 8.69. The molecule has 0 bridgehead atoms. The van der Waals surface area contributed by atoms with Crippen molar-refractivity contribution in [3.05, 3.63) is 59.7 Å². The summed E-state index contributed by atoms with van der Waals surface area (Å²) in [6.07, 6.45) is 13.0. The van der Waals surface area contributed by atoms with E-state index in [0.29, 0.717) is 19.1 Å². The molecule has 0 atom stereocenters. The highest BCUT2D eigenvalue weighted by molar-refractivity contribution is 5.88. The van der Waals surface area contributed by atoms with Crippen LogP contribution in [0.25, 0.3) is 0 Å². The van der Waals surface area contributed by atoms with Gasteiger partial charge in [0.15, 0.2) is 6.29 Å². The molecule has 3 aliphatic rings. The Labute approximate surface area is 262 Å². The van der Waals surface area contributed by atoms with Gasteiger partial charge in [0.2, 0.25) is 0 Å². The zero-order valence-corrected chi connectivity index (χ0v) is 26.4. The van der Waals surface area contributed by atoms with E-state index in [1.165, 1.54) is 69.8 Å². The lowest BCUT2D eigenvalue weighted by Gasteiger charge is -2.38. The van der Waals surface area contributed by atoms with Crippen molar-refractivity contribution >= 4 is 11.9 Å². The Bertz CT molecular complexity index is 1040. The smallest absolute Gasteiger partial charge is 0.335 e. The standard InChI is InChI=1S/C36H52O8/c1-4-5-26-6-8-27(9-7-26)28-10-12-29(13-11-28)30-14-16-31(17-15-30)32-20-43-36(44-21-32)33(22-41-34(39)24(2)18-37)23-42-35(40)25(3)19-38/h14-17,26-29,32-33,36-38H,2-13,18-23H2,1H3. The number of aliphatic hydroxyl groups is 2. The van der Waals surface area contributed by atoms with Gasteiger partial charge in [-0.25, -0.2) is 9.59 Å². The van der Waals surface area contributed by atoms with Crippen LogP contribution in [0.15, 0.2) is 48.6 Å². The van der Waals surface area contributed by atoms with Crippen molar-refractivity contribution in [1.29, 1.82) is 0 Å². The first-order valence-electron chi connectivity index (χ1n) is 16.6. The van der Waals surface area contributed by atoms with E-state index in [1.807, 2.05) is 0 Å². The molecule has 8 heteroatoms. The molecule has 2 aliphatic carbocycles. The fourth-order valence-electron chi connectivity index (χ4n) is 7.21. The van der Waals surface area contributed by atoms with Crippen LogP contribution in [0, 0.1) is 23.7 Å². The lowest BCUT2D eigenvalue weighted by Crippen LogP contribution is -2.41. The third-order valence-electron chi connectivity index (χ3n) is 10.0. The second-order valence-electron chi connectivity index (χ2n) is 13.1. The highest BCUT2D eigenvalue weighted by atomic mass is 16.7. The highest BCUT2D eigenvalue weighted by Crippen LogP contribution is 2.44. The van der Waals surface area contributed by atoms with E-state index in [1.54, 1.807) is 0 Å². The maximum Gasteiger partial charge on any atom is 0.335 e. The maximum absolute atomic E-state index is 12.0. The van der Waals surface area contributed by atoms with Gasteiger partial charge < -0.3 is 29.2 Å². The molecule has 0 unspecified atom stereocenters. The largest absolute Gasteiger partial charge is 0.462 e. The molecular formula is C36H52O8. The number of ether oxygens (including phenoxy) is 4. The molecule has 0 radical (unpaired) electrons. The Hall–Kier alpha value is -2.52. The van der Waals surface area contributed by atoms with Gasteiger partial charge in [-0.1, -0.05) is 70.0 Å². The number of rotatable bonds is 14. The van der Waals surface area contributed by atoms with E-state index in [9.17, 15) is 9.59 Å². The molecule has 0 aromatic heterocycles. The van der Waals surface area contributed by atoms with Crippen molar-refractivity contribution in [2.45, 2.75) is 89.3 Å². The summed E-state index contributed by atoms with van der Waals surface area (Å²) >= 11 is 0. The van der Waals surface area contributed by atoms with Crippen molar-refractivity contribution in [3.63, 3.8) is 0 Å². The van der Waals surface area contributed by atoms with E-state index in [-0.39, 0.29) is 30.3 Å². The Morgan fingerprint density at radius 1 is 0.773 bits per heavy atom. The van der Waals surface area contributed by atoms with Gasteiger partial charge in [0, 0.05) is 5.92 Å². The fourth-order valence-corrected chi connectivity index (χ4v) is 7.21. The highest BCUT2D eigenvalue weighted by Gasteiger charge is 2.34. The summed E-state index contributed by atoms with van der Waals surface area (Å²) in [5, 5.41) is 18.3. The van der Waals surface area contributed by atoms with Gasteiger partial charge in [-0.15, -0.1) is 0 Å². The molecule has 8 nitrogen and oxygen atoms in total. The Balaban J connectivity index is 1.25. The van der Waals surface area contributed by atoms with E-state index in [4.69, 9.17) is 29.2 Å². The Kier molecular flexibility index (Phi) is 13.5. The van der Waals surface area contributed by atoms with Gasteiger partial charge in [0.1, 0.15) is 13.2 Å². The predicted octanol–water partition coefficient (Wildman–Crippen LogP) is 5.82. The van der Waals surface area contributed by atoms with Gasteiger partial charge in [-0.2, -0.15) is 0 Å². The van der Waals surface area contributed by atoms with E-state index >= 15 is 0 Å². The molecule has 1 saturated heterocycles. The molecule has 1 aromatic carbocycles. The summed E-state index contributed by atoms with van der Waals surface area (Å²) in [5.74, 6) is 1.40. The van der Waals surface area contributed by atoms with Crippen LogP contribution in [0.1, 0.15) is 94.1 Å².